The van der Waals surface area contributed by atoms with Gasteiger partial charge in [-0.05, 0) is 29.0 Å². The molecule has 6 heteroatoms. The summed E-state index contributed by atoms with van der Waals surface area (Å²) in [5.41, 5.74) is 0. The van der Waals surface area contributed by atoms with E-state index in [-0.39, 0.29) is 0 Å². The fourth-order valence-corrected chi connectivity index (χ4v) is 3.32. The Balaban J connectivity index is 2.47. The van der Waals surface area contributed by atoms with Crippen LogP contribution in [0, 0.1) is 0 Å². The number of halogens is 1. The first-order valence-corrected chi connectivity index (χ1v) is 6.85. The summed E-state index contributed by atoms with van der Waals surface area (Å²) in [5.74, 6) is 0. The zero-order valence-electron chi connectivity index (χ0n) is 10.3. The Morgan fingerprint density at radius 3 is 2.76 bits per heavy atom. The largest absolute Gasteiger partial charge is 0.486 e. The van der Waals surface area contributed by atoms with Gasteiger partial charge in [-0.15, -0.1) is 11.3 Å². The first kappa shape index (κ1) is 14.9. The minimum atomic E-state index is -0.449. The molecule has 4 nitrogen and oxygen atoms in total. The molecule has 1 N–H and O–H groups in total. The molecule has 98 valence electrons. The fourth-order valence-electron chi connectivity index (χ4n) is 1.55. The zero-order chi connectivity index (χ0) is 12.8. The van der Waals surface area contributed by atoms with Gasteiger partial charge in [0, 0.05) is 25.1 Å². The number of hydrogen-bond acceptors (Lipinski definition) is 5. The van der Waals surface area contributed by atoms with Crippen molar-refractivity contribution in [3.63, 3.8) is 0 Å². The molecule has 0 spiro atoms. The summed E-state index contributed by atoms with van der Waals surface area (Å²) in [7, 11) is 5.22. The van der Waals surface area contributed by atoms with Crippen molar-refractivity contribution in [1.82, 2.24) is 4.90 Å². The van der Waals surface area contributed by atoms with Crippen LogP contribution < -0.4 is 4.74 Å². The van der Waals surface area contributed by atoms with Crippen molar-refractivity contribution in [2.45, 2.75) is 12.6 Å². The number of thiophene rings is 1. The van der Waals surface area contributed by atoms with Gasteiger partial charge in [0.2, 0.25) is 0 Å². The third-order valence-corrected chi connectivity index (χ3v) is 4.13. The van der Waals surface area contributed by atoms with Crippen molar-refractivity contribution in [1.29, 1.82) is 0 Å². The average molecular weight is 324 g/mol. The van der Waals surface area contributed by atoms with Gasteiger partial charge in [-0.2, -0.15) is 0 Å². The van der Waals surface area contributed by atoms with Crippen molar-refractivity contribution in [3.8, 4) is 5.06 Å². The molecule has 0 saturated carbocycles. The molecule has 1 aromatic rings. The lowest BCUT2D eigenvalue weighted by atomic mass is 10.3. The highest BCUT2D eigenvalue weighted by molar-refractivity contribution is 9.10. The van der Waals surface area contributed by atoms with E-state index in [0.717, 1.165) is 16.1 Å². The van der Waals surface area contributed by atoms with E-state index in [1.54, 1.807) is 25.6 Å². The van der Waals surface area contributed by atoms with Crippen LogP contribution in [0.5, 0.6) is 5.06 Å². The summed E-state index contributed by atoms with van der Waals surface area (Å²) >= 11 is 5.05. The monoisotopic (exact) mass is 323 g/mol. The normalized spacial score (nSPS) is 13.1. The van der Waals surface area contributed by atoms with E-state index in [0.29, 0.717) is 13.2 Å². The molecular formula is C11H18BrNO3S. The third-order valence-electron chi connectivity index (χ3n) is 2.20. The van der Waals surface area contributed by atoms with E-state index in [9.17, 15) is 5.11 Å². The first-order valence-electron chi connectivity index (χ1n) is 5.24. The van der Waals surface area contributed by atoms with Gasteiger partial charge in [0.1, 0.15) is 0 Å². The average Bonchev–Trinajstić information content (AvgIpc) is 2.58. The molecular weight excluding hydrogens is 306 g/mol. The summed E-state index contributed by atoms with van der Waals surface area (Å²) < 4.78 is 11.1. The maximum atomic E-state index is 9.61. The maximum Gasteiger partial charge on any atom is 0.188 e. The topological polar surface area (TPSA) is 41.9 Å². The van der Waals surface area contributed by atoms with Gasteiger partial charge in [0.15, 0.2) is 5.06 Å². The number of methoxy groups -OCH3 is 2. The first-order chi connectivity index (χ1) is 8.06. The van der Waals surface area contributed by atoms with Gasteiger partial charge < -0.3 is 14.6 Å². The predicted molar refractivity (Wildman–Crippen MR) is 72.8 cm³/mol. The van der Waals surface area contributed by atoms with E-state index >= 15 is 0 Å². The molecule has 1 unspecified atom stereocenters. The number of likely N-dealkylation sites (N-methyl/N-ethyl adjacent to an activating group) is 1. The minimum absolute atomic E-state index is 0.363. The Morgan fingerprint density at radius 2 is 2.24 bits per heavy atom. The van der Waals surface area contributed by atoms with E-state index < -0.39 is 6.10 Å². The fraction of sp³-hybridized carbons (Fsp3) is 0.636. The van der Waals surface area contributed by atoms with Crippen LogP contribution in [0.25, 0.3) is 0 Å². The SMILES string of the molecule is COCC(O)CN(C)Cc1cc(Br)c(OC)s1. The summed E-state index contributed by atoms with van der Waals surface area (Å²) in [5, 5.41) is 10.5. The van der Waals surface area contributed by atoms with Gasteiger partial charge >= 0.3 is 0 Å². The number of rotatable bonds is 7. The van der Waals surface area contributed by atoms with Crippen LogP contribution in [0.4, 0.5) is 0 Å². The van der Waals surface area contributed by atoms with Gasteiger partial charge in [-0.25, -0.2) is 0 Å². The molecule has 0 amide bonds. The maximum absolute atomic E-state index is 9.61. The van der Waals surface area contributed by atoms with Crippen molar-refractivity contribution in [3.05, 3.63) is 15.4 Å². The molecule has 0 radical (unpaired) electrons. The number of ether oxygens (including phenoxy) is 2. The molecule has 0 saturated heterocycles. The zero-order valence-corrected chi connectivity index (χ0v) is 12.7. The summed E-state index contributed by atoms with van der Waals surface area (Å²) in [6, 6.07) is 2.04. The second-order valence-corrected chi connectivity index (χ2v) is 5.81. The second-order valence-electron chi connectivity index (χ2n) is 3.86. The molecule has 0 aromatic carbocycles. The Labute approximate surface area is 114 Å². The molecule has 1 heterocycles. The molecule has 0 fully saturated rings. The van der Waals surface area contributed by atoms with Crippen LogP contribution in [0.3, 0.4) is 0 Å². The Bertz CT molecular complexity index is 345. The lowest BCUT2D eigenvalue weighted by molar-refractivity contribution is 0.0420. The molecule has 0 aliphatic carbocycles. The van der Waals surface area contributed by atoms with Gasteiger partial charge in [-0.3, -0.25) is 4.90 Å². The van der Waals surface area contributed by atoms with Crippen molar-refractivity contribution >= 4 is 27.3 Å². The van der Waals surface area contributed by atoms with Crippen LogP contribution in [-0.4, -0.2) is 50.5 Å². The lowest BCUT2D eigenvalue weighted by Gasteiger charge is -2.19. The highest BCUT2D eigenvalue weighted by atomic mass is 79.9. The van der Waals surface area contributed by atoms with Gasteiger partial charge in [0.05, 0.1) is 24.3 Å². The minimum Gasteiger partial charge on any atom is -0.486 e. The molecule has 1 aromatic heterocycles. The van der Waals surface area contributed by atoms with Crippen molar-refractivity contribution in [2.75, 3.05) is 34.4 Å². The van der Waals surface area contributed by atoms with Crippen LogP contribution in [0.2, 0.25) is 0 Å². The van der Waals surface area contributed by atoms with Crippen LogP contribution in [0.15, 0.2) is 10.5 Å². The highest BCUT2D eigenvalue weighted by Gasteiger charge is 2.12. The van der Waals surface area contributed by atoms with E-state index in [2.05, 4.69) is 20.8 Å². The van der Waals surface area contributed by atoms with Gasteiger partial charge in [0.25, 0.3) is 0 Å². The molecule has 0 aliphatic rings. The Hall–Kier alpha value is -0.140. The van der Waals surface area contributed by atoms with Crippen molar-refractivity contribution in [2.24, 2.45) is 0 Å². The molecule has 17 heavy (non-hydrogen) atoms. The molecule has 1 atom stereocenters. The Kier molecular flexibility index (Phi) is 6.43. The van der Waals surface area contributed by atoms with Crippen LogP contribution >= 0.6 is 27.3 Å². The summed E-state index contributed by atoms with van der Waals surface area (Å²) in [6.45, 7) is 1.74. The van der Waals surface area contributed by atoms with Gasteiger partial charge in [-0.1, -0.05) is 0 Å². The van der Waals surface area contributed by atoms with Crippen molar-refractivity contribution < 1.29 is 14.6 Å². The van der Waals surface area contributed by atoms with E-state index in [4.69, 9.17) is 9.47 Å². The lowest BCUT2D eigenvalue weighted by Crippen LogP contribution is -2.31. The molecule has 0 aliphatic heterocycles. The number of hydrogen-bond donors (Lipinski definition) is 1. The predicted octanol–water partition coefficient (Wildman–Crippen LogP) is 1.96. The highest BCUT2D eigenvalue weighted by Crippen LogP contribution is 2.35. The molecule has 1 rings (SSSR count). The smallest absolute Gasteiger partial charge is 0.188 e. The van der Waals surface area contributed by atoms with Crippen LogP contribution in [-0.2, 0) is 11.3 Å². The van der Waals surface area contributed by atoms with E-state index in [1.807, 2.05) is 13.1 Å². The van der Waals surface area contributed by atoms with E-state index in [1.165, 1.54) is 4.88 Å². The Morgan fingerprint density at radius 1 is 1.53 bits per heavy atom. The second kappa shape index (κ2) is 7.33. The summed E-state index contributed by atoms with van der Waals surface area (Å²) in [6.07, 6.45) is -0.449. The van der Waals surface area contributed by atoms with Crippen LogP contribution in [0.1, 0.15) is 4.88 Å². The molecule has 0 bridgehead atoms. The number of aliphatic hydroxyl groups is 1. The standard InChI is InChI=1S/C11H18BrNO3S/c1-13(5-8(14)7-15-2)6-9-4-10(12)11(16-3)17-9/h4,8,14H,5-7H2,1-3H3. The number of nitrogens with zero attached hydrogens (tertiary/aromatic N) is 1. The third kappa shape index (κ3) is 4.93. The quantitative estimate of drug-likeness (QED) is 0.833. The number of aliphatic hydroxyl groups excluding tert-OH is 1. The summed E-state index contributed by atoms with van der Waals surface area (Å²) in [4.78, 5) is 3.25.